The van der Waals surface area contributed by atoms with Gasteiger partial charge in [-0.3, -0.25) is 0 Å². The van der Waals surface area contributed by atoms with E-state index in [9.17, 15) is 4.79 Å². The summed E-state index contributed by atoms with van der Waals surface area (Å²) >= 11 is 0. The Labute approximate surface area is 123 Å². The number of nitrogens with two attached hydrogens (primary N) is 1. The van der Waals surface area contributed by atoms with Gasteiger partial charge in [0.25, 0.3) is 0 Å². The molecule has 2 aromatic carbocycles. The molecule has 2 amide bonds. The minimum atomic E-state index is -0.243. The highest BCUT2D eigenvalue weighted by Gasteiger charge is 2.09. The van der Waals surface area contributed by atoms with Crippen LogP contribution in [0, 0.1) is 11.3 Å². The first-order valence-electron chi connectivity index (χ1n) is 6.45. The van der Waals surface area contributed by atoms with Crippen molar-refractivity contribution in [3.8, 4) is 6.07 Å². The van der Waals surface area contributed by atoms with Crippen LogP contribution in [0.4, 0.5) is 16.2 Å². The van der Waals surface area contributed by atoms with Gasteiger partial charge in [0.15, 0.2) is 0 Å². The molecule has 0 atom stereocenters. The van der Waals surface area contributed by atoms with Gasteiger partial charge in [-0.1, -0.05) is 18.2 Å². The molecule has 0 aliphatic heterocycles. The number of carbonyl (C=O) groups excluding carboxylic acids is 1. The van der Waals surface area contributed by atoms with Crippen molar-refractivity contribution in [2.45, 2.75) is 6.54 Å². The molecule has 0 fully saturated rings. The maximum absolute atomic E-state index is 12.1. The maximum Gasteiger partial charge on any atom is 0.321 e. The van der Waals surface area contributed by atoms with E-state index in [0.29, 0.717) is 23.5 Å². The number of hydrogen-bond donors (Lipinski definition) is 2. The van der Waals surface area contributed by atoms with Gasteiger partial charge >= 0.3 is 6.03 Å². The first-order chi connectivity index (χ1) is 10.1. The first kappa shape index (κ1) is 14.4. The Morgan fingerprint density at radius 2 is 2.05 bits per heavy atom. The largest absolute Gasteiger partial charge is 0.399 e. The minimum Gasteiger partial charge on any atom is -0.399 e. The molecule has 5 nitrogen and oxygen atoms in total. The number of carbonyl (C=O) groups is 1. The Hall–Kier alpha value is -3.00. The molecule has 0 aliphatic rings. The van der Waals surface area contributed by atoms with Crippen molar-refractivity contribution in [2.75, 3.05) is 18.1 Å². The zero-order valence-electron chi connectivity index (χ0n) is 11.7. The second kappa shape index (κ2) is 6.44. The number of rotatable bonds is 3. The van der Waals surface area contributed by atoms with E-state index in [1.54, 1.807) is 42.3 Å². The van der Waals surface area contributed by atoms with Crippen molar-refractivity contribution in [1.82, 2.24) is 4.90 Å². The predicted molar refractivity (Wildman–Crippen MR) is 82.5 cm³/mol. The smallest absolute Gasteiger partial charge is 0.321 e. The average molecular weight is 280 g/mol. The summed E-state index contributed by atoms with van der Waals surface area (Å²) in [5.41, 5.74) is 8.44. The van der Waals surface area contributed by atoms with Crippen molar-refractivity contribution >= 4 is 17.4 Å². The molecule has 0 heterocycles. The number of anilines is 2. The molecule has 0 radical (unpaired) electrons. The van der Waals surface area contributed by atoms with Gasteiger partial charge in [-0.2, -0.15) is 5.26 Å². The van der Waals surface area contributed by atoms with E-state index in [2.05, 4.69) is 5.32 Å². The quantitative estimate of drug-likeness (QED) is 0.848. The van der Waals surface area contributed by atoms with Gasteiger partial charge in [0.2, 0.25) is 0 Å². The van der Waals surface area contributed by atoms with Crippen LogP contribution in [0.3, 0.4) is 0 Å². The van der Waals surface area contributed by atoms with Crippen LogP contribution in [0.2, 0.25) is 0 Å². The van der Waals surface area contributed by atoms with Crippen LogP contribution in [0.15, 0.2) is 48.5 Å². The molecule has 0 unspecified atom stereocenters. The minimum absolute atomic E-state index is 0.243. The number of benzene rings is 2. The Kier molecular flexibility index (Phi) is 4.42. The number of nitrogens with zero attached hydrogens (tertiary/aromatic N) is 2. The van der Waals surface area contributed by atoms with E-state index in [1.807, 2.05) is 24.3 Å². The maximum atomic E-state index is 12.1. The molecule has 0 bridgehead atoms. The molecule has 2 rings (SSSR count). The van der Waals surface area contributed by atoms with E-state index < -0.39 is 0 Å². The van der Waals surface area contributed by atoms with Gasteiger partial charge in [0, 0.05) is 25.0 Å². The molecule has 21 heavy (non-hydrogen) atoms. The molecule has 106 valence electrons. The molecular formula is C16H16N4O. The summed E-state index contributed by atoms with van der Waals surface area (Å²) < 4.78 is 0. The van der Waals surface area contributed by atoms with E-state index in [0.717, 1.165) is 5.56 Å². The molecule has 3 N–H and O–H groups in total. The second-order valence-electron chi connectivity index (χ2n) is 4.72. The lowest BCUT2D eigenvalue weighted by Crippen LogP contribution is -2.30. The summed E-state index contributed by atoms with van der Waals surface area (Å²) in [5, 5.41) is 11.6. The van der Waals surface area contributed by atoms with Gasteiger partial charge in [-0.05, 0) is 35.9 Å². The van der Waals surface area contributed by atoms with Crippen molar-refractivity contribution in [2.24, 2.45) is 0 Å². The van der Waals surface area contributed by atoms with Gasteiger partial charge in [0.1, 0.15) is 0 Å². The number of urea groups is 1. The summed E-state index contributed by atoms with van der Waals surface area (Å²) in [7, 11) is 1.70. The normalized spacial score (nSPS) is 9.71. The number of nitriles is 1. The van der Waals surface area contributed by atoms with Crippen molar-refractivity contribution in [3.05, 3.63) is 59.7 Å². The number of nitrogen functional groups attached to an aromatic ring is 1. The lowest BCUT2D eigenvalue weighted by molar-refractivity contribution is 0.220. The Morgan fingerprint density at radius 1 is 1.29 bits per heavy atom. The van der Waals surface area contributed by atoms with Crippen LogP contribution in [-0.2, 0) is 6.54 Å². The Bertz CT molecular complexity index is 691. The number of nitrogens with one attached hydrogen (secondary N) is 1. The SMILES string of the molecule is CN(Cc1cccc(N)c1)C(=O)Nc1cccc(C#N)c1. The molecule has 0 spiro atoms. The fraction of sp³-hybridized carbons (Fsp3) is 0.125. The van der Waals surface area contributed by atoms with Gasteiger partial charge in [-0.25, -0.2) is 4.79 Å². The molecule has 5 heteroatoms. The molecule has 0 saturated heterocycles. The summed E-state index contributed by atoms with van der Waals surface area (Å²) in [5.74, 6) is 0. The third-order valence-electron chi connectivity index (χ3n) is 2.96. The van der Waals surface area contributed by atoms with Crippen LogP contribution in [-0.4, -0.2) is 18.0 Å². The molecule has 2 aromatic rings. The Balaban J connectivity index is 2.01. The molecule has 0 aromatic heterocycles. The summed E-state index contributed by atoms with van der Waals surface area (Å²) in [6, 6.07) is 16.0. The van der Waals surface area contributed by atoms with Crippen LogP contribution < -0.4 is 11.1 Å². The highest BCUT2D eigenvalue weighted by molar-refractivity contribution is 5.89. The molecular weight excluding hydrogens is 264 g/mol. The van der Waals surface area contributed by atoms with Crippen LogP contribution in [0.5, 0.6) is 0 Å². The zero-order chi connectivity index (χ0) is 15.2. The third kappa shape index (κ3) is 3.98. The first-order valence-corrected chi connectivity index (χ1v) is 6.45. The monoisotopic (exact) mass is 280 g/mol. The highest BCUT2D eigenvalue weighted by Crippen LogP contribution is 2.12. The van der Waals surface area contributed by atoms with E-state index in [-0.39, 0.29) is 6.03 Å². The van der Waals surface area contributed by atoms with Crippen molar-refractivity contribution in [1.29, 1.82) is 5.26 Å². The Morgan fingerprint density at radius 3 is 2.76 bits per heavy atom. The average Bonchev–Trinajstić information content (AvgIpc) is 2.47. The van der Waals surface area contributed by atoms with Gasteiger partial charge in [0.05, 0.1) is 11.6 Å². The van der Waals surface area contributed by atoms with E-state index >= 15 is 0 Å². The van der Waals surface area contributed by atoms with Crippen LogP contribution >= 0.6 is 0 Å². The highest BCUT2D eigenvalue weighted by atomic mass is 16.2. The predicted octanol–water partition coefficient (Wildman–Crippen LogP) is 2.80. The van der Waals surface area contributed by atoms with Gasteiger partial charge < -0.3 is 16.0 Å². The van der Waals surface area contributed by atoms with Gasteiger partial charge in [-0.15, -0.1) is 0 Å². The fourth-order valence-electron chi connectivity index (χ4n) is 1.92. The summed E-state index contributed by atoms with van der Waals surface area (Å²) in [4.78, 5) is 13.7. The van der Waals surface area contributed by atoms with Crippen molar-refractivity contribution in [3.63, 3.8) is 0 Å². The fourth-order valence-corrected chi connectivity index (χ4v) is 1.92. The van der Waals surface area contributed by atoms with Crippen molar-refractivity contribution < 1.29 is 4.79 Å². The number of amides is 2. The van der Waals surface area contributed by atoms with Crippen LogP contribution in [0.1, 0.15) is 11.1 Å². The lowest BCUT2D eigenvalue weighted by Gasteiger charge is -2.18. The standard InChI is InChI=1S/C16H16N4O/c1-20(11-13-5-2-6-14(18)8-13)16(21)19-15-7-3-4-12(9-15)10-17/h2-9H,11,18H2,1H3,(H,19,21). The molecule has 0 saturated carbocycles. The zero-order valence-corrected chi connectivity index (χ0v) is 11.7. The van der Waals surface area contributed by atoms with E-state index in [4.69, 9.17) is 11.0 Å². The summed E-state index contributed by atoms with van der Waals surface area (Å²) in [6.45, 7) is 0.453. The topological polar surface area (TPSA) is 82.2 Å². The summed E-state index contributed by atoms with van der Waals surface area (Å²) in [6.07, 6.45) is 0. The van der Waals surface area contributed by atoms with Crippen LogP contribution in [0.25, 0.3) is 0 Å². The third-order valence-corrected chi connectivity index (χ3v) is 2.96. The lowest BCUT2D eigenvalue weighted by atomic mass is 10.2. The van der Waals surface area contributed by atoms with E-state index in [1.165, 1.54) is 0 Å². The second-order valence-corrected chi connectivity index (χ2v) is 4.72. The molecule has 0 aliphatic carbocycles. The number of hydrogen-bond acceptors (Lipinski definition) is 3.